The topological polar surface area (TPSA) is 75.6 Å². The summed E-state index contributed by atoms with van der Waals surface area (Å²) in [5, 5.41) is 7.69. The Morgan fingerprint density at radius 3 is 2.72 bits per heavy atom. The van der Waals surface area contributed by atoms with Crippen LogP contribution >= 0.6 is 0 Å². The van der Waals surface area contributed by atoms with E-state index in [1.54, 1.807) is 25.8 Å². The van der Waals surface area contributed by atoms with Crippen LogP contribution in [-0.2, 0) is 6.54 Å². The van der Waals surface area contributed by atoms with Crippen LogP contribution < -0.4 is 0 Å². The van der Waals surface area contributed by atoms with E-state index in [4.69, 9.17) is 9.05 Å². The maximum Gasteiger partial charge on any atom is 0.259 e. The van der Waals surface area contributed by atoms with Crippen molar-refractivity contribution in [3.63, 3.8) is 0 Å². The van der Waals surface area contributed by atoms with Gasteiger partial charge in [-0.05, 0) is 27.2 Å². The van der Waals surface area contributed by atoms with Gasteiger partial charge in [0.05, 0.1) is 17.9 Å². The normalized spacial score (nSPS) is 21.0. The molecule has 0 spiro atoms. The Kier molecular flexibility index (Phi) is 4.89. The standard InChI is InChI=1S/C17H23FN4O3/c1-10-5-15(25-19-10)9-22-7-13(18)6-14(22)8-21(4)17(23)16-11(2)20-24-12(16)3/h5,13-14H,6-9H2,1-4H3/t13-,14-/m0/s1. The van der Waals surface area contributed by atoms with E-state index >= 15 is 0 Å². The Morgan fingerprint density at radius 2 is 2.12 bits per heavy atom. The summed E-state index contributed by atoms with van der Waals surface area (Å²) < 4.78 is 24.3. The van der Waals surface area contributed by atoms with Crippen molar-refractivity contribution in [2.45, 2.75) is 46.0 Å². The minimum Gasteiger partial charge on any atom is -0.361 e. The third-order valence-corrected chi connectivity index (χ3v) is 4.59. The third-order valence-electron chi connectivity index (χ3n) is 4.59. The minimum absolute atomic E-state index is 0.0742. The molecule has 0 unspecified atom stereocenters. The molecule has 2 atom stereocenters. The Balaban J connectivity index is 1.68. The summed E-state index contributed by atoms with van der Waals surface area (Å²) in [6.07, 6.45) is -0.511. The van der Waals surface area contributed by atoms with Gasteiger partial charge in [0.15, 0.2) is 5.76 Å². The number of rotatable bonds is 5. The molecule has 25 heavy (non-hydrogen) atoms. The van der Waals surface area contributed by atoms with E-state index < -0.39 is 6.17 Å². The Bertz CT molecular complexity index is 737. The molecule has 2 aromatic rings. The smallest absolute Gasteiger partial charge is 0.259 e. The van der Waals surface area contributed by atoms with Crippen LogP contribution in [0, 0.1) is 20.8 Å². The first-order valence-corrected chi connectivity index (χ1v) is 8.33. The number of halogens is 1. The van der Waals surface area contributed by atoms with Crippen molar-refractivity contribution in [1.82, 2.24) is 20.1 Å². The molecule has 1 saturated heterocycles. The lowest BCUT2D eigenvalue weighted by Crippen LogP contribution is -2.41. The number of alkyl halides is 1. The summed E-state index contributed by atoms with van der Waals surface area (Å²) in [6, 6.07) is 1.77. The highest BCUT2D eigenvalue weighted by molar-refractivity contribution is 5.95. The summed E-state index contributed by atoms with van der Waals surface area (Å²) in [4.78, 5) is 16.3. The van der Waals surface area contributed by atoms with Crippen LogP contribution in [0.25, 0.3) is 0 Å². The lowest BCUT2D eigenvalue weighted by Gasteiger charge is -2.27. The Hall–Kier alpha value is -2.22. The number of hydrogen-bond donors (Lipinski definition) is 0. The molecule has 0 radical (unpaired) electrons. The monoisotopic (exact) mass is 350 g/mol. The molecule has 7 nitrogen and oxygen atoms in total. The first-order valence-electron chi connectivity index (χ1n) is 8.33. The first-order chi connectivity index (χ1) is 11.8. The van der Waals surface area contributed by atoms with Crippen molar-refractivity contribution >= 4 is 5.91 Å². The molecule has 0 aromatic carbocycles. The first kappa shape index (κ1) is 17.6. The summed E-state index contributed by atoms with van der Waals surface area (Å²) in [5.41, 5.74) is 1.85. The van der Waals surface area contributed by atoms with E-state index in [1.165, 1.54) is 0 Å². The third kappa shape index (κ3) is 3.73. The fourth-order valence-electron chi connectivity index (χ4n) is 3.38. The van der Waals surface area contributed by atoms with Crippen LogP contribution in [0.5, 0.6) is 0 Å². The molecule has 1 aliphatic heterocycles. The number of amides is 1. The highest BCUT2D eigenvalue weighted by Crippen LogP contribution is 2.24. The molecule has 3 rings (SSSR count). The van der Waals surface area contributed by atoms with Gasteiger partial charge in [0.25, 0.3) is 5.91 Å². The lowest BCUT2D eigenvalue weighted by atomic mass is 10.1. The lowest BCUT2D eigenvalue weighted by molar-refractivity contribution is 0.0743. The summed E-state index contributed by atoms with van der Waals surface area (Å²) in [6.45, 7) is 6.55. The van der Waals surface area contributed by atoms with E-state index in [1.807, 2.05) is 17.9 Å². The van der Waals surface area contributed by atoms with Gasteiger partial charge < -0.3 is 13.9 Å². The summed E-state index contributed by atoms with van der Waals surface area (Å²) in [5.74, 6) is 1.04. The van der Waals surface area contributed by atoms with Gasteiger partial charge in [-0.1, -0.05) is 10.3 Å². The number of likely N-dealkylation sites (tertiary alicyclic amines) is 1. The molecule has 0 bridgehead atoms. The number of nitrogens with zero attached hydrogens (tertiary/aromatic N) is 4. The van der Waals surface area contributed by atoms with Gasteiger partial charge in [-0.25, -0.2) is 4.39 Å². The molecule has 136 valence electrons. The summed E-state index contributed by atoms with van der Waals surface area (Å²) >= 11 is 0. The predicted molar refractivity (Wildman–Crippen MR) is 87.9 cm³/mol. The Morgan fingerprint density at radius 1 is 1.36 bits per heavy atom. The van der Waals surface area contributed by atoms with Crippen LogP contribution in [0.1, 0.15) is 39.7 Å². The van der Waals surface area contributed by atoms with E-state index in [0.717, 1.165) is 5.69 Å². The SMILES string of the molecule is Cc1cc(CN2C[C@@H](F)C[C@H]2CN(C)C(=O)c2c(C)noc2C)on1. The molecule has 0 N–H and O–H groups in total. The van der Waals surface area contributed by atoms with Crippen molar-refractivity contribution in [3.8, 4) is 0 Å². The van der Waals surface area contributed by atoms with Gasteiger partial charge >= 0.3 is 0 Å². The zero-order chi connectivity index (χ0) is 18.1. The van der Waals surface area contributed by atoms with Gasteiger partial charge in [-0.15, -0.1) is 0 Å². The maximum absolute atomic E-state index is 14.0. The molecule has 2 aromatic heterocycles. The molecule has 1 aliphatic rings. The highest BCUT2D eigenvalue weighted by atomic mass is 19.1. The van der Waals surface area contributed by atoms with Crippen molar-refractivity contribution in [1.29, 1.82) is 0 Å². The predicted octanol–water partition coefficient (Wildman–Crippen LogP) is 2.27. The molecular formula is C17H23FN4O3. The Labute approximate surface area is 145 Å². The summed E-state index contributed by atoms with van der Waals surface area (Å²) in [7, 11) is 1.72. The molecule has 1 fully saturated rings. The van der Waals surface area contributed by atoms with E-state index in [-0.39, 0.29) is 11.9 Å². The van der Waals surface area contributed by atoms with Crippen molar-refractivity contribution < 1.29 is 18.2 Å². The van der Waals surface area contributed by atoms with Crippen molar-refractivity contribution in [2.75, 3.05) is 20.1 Å². The largest absolute Gasteiger partial charge is 0.361 e. The van der Waals surface area contributed by atoms with Crippen molar-refractivity contribution in [3.05, 3.63) is 34.5 Å². The van der Waals surface area contributed by atoms with E-state index in [9.17, 15) is 9.18 Å². The number of aryl methyl sites for hydroxylation is 3. The molecule has 0 saturated carbocycles. The second-order valence-electron chi connectivity index (χ2n) is 6.74. The average Bonchev–Trinajstić information content (AvgIpc) is 3.20. The van der Waals surface area contributed by atoms with Gasteiger partial charge in [0, 0.05) is 32.2 Å². The van der Waals surface area contributed by atoms with Crippen LogP contribution in [0.2, 0.25) is 0 Å². The number of carbonyl (C=O) groups is 1. The van der Waals surface area contributed by atoms with Crippen LogP contribution in [-0.4, -0.2) is 58.4 Å². The van der Waals surface area contributed by atoms with E-state index in [2.05, 4.69) is 10.3 Å². The highest BCUT2D eigenvalue weighted by Gasteiger charge is 2.34. The van der Waals surface area contributed by atoms with Crippen molar-refractivity contribution in [2.24, 2.45) is 0 Å². The maximum atomic E-state index is 14.0. The van der Waals surface area contributed by atoms with E-state index in [0.29, 0.717) is 48.8 Å². The number of likely N-dealkylation sites (N-methyl/N-ethyl adjacent to an activating group) is 1. The number of carbonyl (C=O) groups excluding carboxylic acids is 1. The molecule has 3 heterocycles. The quantitative estimate of drug-likeness (QED) is 0.823. The molecule has 1 amide bonds. The average molecular weight is 350 g/mol. The molecule has 8 heteroatoms. The minimum atomic E-state index is -0.906. The van der Waals surface area contributed by atoms with Crippen LogP contribution in [0.15, 0.2) is 15.1 Å². The second-order valence-corrected chi connectivity index (χ2v) is 6.74. The van der Waals surface area contributed by atoms with Crippen LogP contribution in [0.4, 0.5) is 4.39 Å². The van der Waals surface area contributed by atoms with Gasteiger partial charge in [-0.2, -0.15) is 0 Å². The number of aromatic nitrogens is 2. The zero-order valence-electron chi connectivity index (χ0n) is 15.0. The molecular weight excluding hydrogens is 327 g/mol. The second kappa shape index (κ2) is 6.95. The van der Waals surface area contributed by atoms with Crippen LogP contribution in [0.3, 0.4) is 0 Å². The van der Waals surface area contributed by atoms with Gasteiger partial charge in [0.1, 0.15) is 17.5 Å². The fourth-order valence-corrected chi connectivity index (χ4v) is 3.38. The van der Waals surface area contributed by atoms with Gasteiger partial charge in [-0.3, -0.25) is 9.69 Å². The zero-order valence-corrected chi connectivity index (χ0v) is 15.0. The fraction of sp³-hybridized carbons (Fsp3) is 0.588. The number of hydrogen-bond acceptors (Lipinski definition) is 6. The molecule has 0 aliphatic carbocycles. The van der Waals surface area contributed by atoms with Gasteiger partial charge in [0.2, 0.25) is 0 Å².